The molecular weight excluding hydrogens is 462 g/mol. The van der Waals surface area contributed by atoms with Crippen LogP contribution in [0.3, 0.4) is 0 Å². The lowest BCUT2D eigenvalue weighted by molar-refractivity contribution is 0.112. The van der Waals surface area contributed by atoms with Crippen molar-refractivity contribution in [1.82, 2.24) is 24.9 Å². The summed E-state index contributed by atoms with van der Waals surface area (Å²) in [6.07, 6.45) is 2.61. The van der Waals surface area contributed by atoms with Gasteiger partial charge in [-0.25, -0.2) is 9.67 Å². The summed E-state index contributed by atoms with van der Waals surface area (Å²) in [5, 5.41) is 22.4. The van der Waals surface area contributed by atoms with E-state index in [1.54, 1.807) is 26.1 Å². The van der Waals surface area contributed by atoms with Crippen LogP contribution in [0.4, 0.5) is 23.3 Å². The van der Waals surface area contributed by atoms with Crippen LogP contribution in [0.15, 0.2) is 47.1 Å². The lowest BCUT2D eigenvalue weighted by atomic mass is 10.0. The monoisotopic (exact) mass is 485 g/mol. The molecule has 1 unspecified atom stereocenters. The predicted octanol–water partition coefficient (Wildman–Crippen LogP) is 3.24. The number of hydrogen-bond acceptors (Lipinski definition) is 10. The zero-order valence-corrected chi connectivity index (χ0v) is 19.7. The van der Waals surface area contributed by atoms with Crippen molar-refractivity contribution in [3.63, 3.8) is 0 Å². The van der Waals surface area contributed by atoms with Crippen molar-refractivity contribution in [2.45, 2.75) is 32.4 Å². The van der Waals surface area contributed by atoms with Gasteiger partial charge in [-0.3, -0.25) is 0 Å². The van der Waals surface area contributed by atoms with Crippen molar-refractivity contribution in [3.05, 3.63) is 59.7 Å². The number of nitrogens with zero attached hydrogens (tertiary/aromatic N) is 6. The Morgan fingerprint density at radius 3 is 2.86 bits per heavy atom. The van der Waals surface area contributed by atoms with E-state index in [9.17, 15) is 5.11 Å². The molecule has 0 fully saturated rings. The summed E-state index contributed by atoms with van der Waals surface area (Å²) in [5.41, 5.74) is 0.252. The smallest absolute Gasteiger partial charge is 0.231 e. The highest BCUT2D eigenvalue weighted by Gasteiger charge is 2.25. The third kappa shape index (κ3) is 4.18. The molecule has 11 heteroatoms. The van der Waals surface area contributed by atoms with E-state index in [1.807, 2.05) is 35.0 Å². The maximum Gasteiger partial charge on any atom is 0.231 e. The molecule has 0 spiro atoms. The maximum absolute atomic E-state index is 10.7. The maximum atomic E-state index is 10.7. The number of aryl methyl sites for hydroxylation is 2. The third-order valence-corrected chi connectivity index (χ3v) is 5.89. The van der Waals surface area contributed by atoms with Crippen LogP contribution in [0.25, 0.3) is 0 Å². The molecule has 2 N–H and O–H groups in total. The van der Waals surface area contributed by atoms with Gasteiger partial charge in [0.15, 0.2) is 17.1 Å². The first-order valence-electron chi connectivity index (χ1n) is 11.5. The minimum absolute atomic E-state index is 0.219. The summed E-state index contributed by atoms with van der Waals surface area (Å²) >= 11 is 0. The molecular formula is C25H23N7O4. The molecule has 36 heavy (non-hydrogen) atoms. The van der Waals surface area contributed by atoms with Gasteiger partial charge in [-0.15, -0.1) is 0 Å². The molecule has 4 aromatic rings. The Morgan fingerprint density at radius 1 is 1.11 bits per heavy atom. The Balaban J connectivity index is 1.24. The van der Waals surface area contributed by atoms with Crippen molar-refractivity contribution >= 4 is 23.3 Å². The number of aliphatic hydroxyl groups is 1. The standard InChI is InChI=1S/C25H23N7O4/c1-16-12-21(30-36-16)25(2,33)8-6-18-14-23-31(10-3-11-32(23)29-18)22-7-9-26-24(28-22)27-17-4-5-19-20(13-17)35-15-34-19/h4-5,7,9,12-14,33H,3,10-11,15H2,1-2H3,(H,26,27,28). The summed E-state index contributed by atoms with van der Waals surface area (Å²) in [6.45, 7) is 5.10. The fourth-order valence-corrected chi connectivity index (χ4v) is 4.08. The van der Waals surface area contributed by atoms with E-state index in [-0.39, 0.29) is 6.79 Å². The van der Waals surface area contributed by atoms with Crippen molar-refractivity contribution < 1.29 is 19.1 Å². The number of nitrogens with one attached hydrogen (secondary N) is 1. The largest absolute Gasteiger partial charge is 0.454 e. The van der Waals surface area contributed by atoms with Crippen LogP contribution in [0, 0.1) is 18.8 Å². The average molecular weight is 486 g/mol. The predicted molar refractivity (Wildman–Crippen MR) is 129 cm³/mol. The highest BCUT2D eigenvalue weighted by Crippen LogP contribution is 2.35. The second kappa shape index (κ2) is 8.58. The Hall–Kier alpha value is -4.56. The quantitative estimate of drug-likeness (QED) is 0.416. The molecule has 0 saturated heterocycles. The fraction of sp³-hybridized carbons (Fsp3) is 0.280. The number of anilines is 4. The van der Waals surface area contributed by atoms with Crippen LogP contribution in [-0.4, -0.2) is 43.3 Å². The van der Waals surface area contributed by atoms with Crippen LogP contribution in [0.1, 0.15) is 30.5 Å². The molecule has 3 aromatic heterocycles. The molecule has 0 bridgehead atoms. The molecule has 1 atom stereocenters. The van der Waals surface area contributed by atoms with Crippen LogP contribution < -0.4 is 19.7 Å². The van der Waals surface area contributed by atoms with Crippen LogP contribution in [0.2, 0.25) is 0 Å². The number of benzene rings is 1. The van der Waals surface area contributed by atoms with Gasteiger partial charge in [-0.05, 0) is 44.4 Å². The number of aromatic nitrogens is 5. The molecule has 0 radical (unpaired) electrons. The van der Waals surface area contributed by atoms with Crippen molar-refractivity contribution in [3.8, 4) is 23.3 Å². The van der Waals surface area contributed by atoms with E-state index in [0.717, 1.165) is 36.8 Å². The third-order valence-electron chi connectivity index (χ3n) is 5.89. The van der Waals surface area contributed by atoms with E-state index < -0.39 is 5.60 Å². The Kier molecular flexibility index (Phi) is 5.23. The molecule has 6 rings (SSSR count). The van der Waals surface area contributed by atoms with E-state index in [4.69, 9.17) is 19.0 Å². The fourth-order valence-electron chi connectivity index (χ4n) is 4.08. The van der Waals surface area contributed by atoms with Gasteiger partial charge in [0.1, 0.15) is 28.8 Å². The number of ether oxygens (including phenoxy) is 2. The van der Waals surface area contributed by atoms with Gasteiger partial charge < -0.3 is 29.3 Å². The van der Waals surface area contributed by atoms with Gasteiger partial charge in [0, 0.05) is 43.2 Å². The number of rotatable bonds is 4. The van der Waals surface area contributed by atoms with Gasteiger partial charge in [-0.2, -0.15) is 10.1 Å². The molecule has 2 aliphatic rings. The van der Waals surface area contributed by atoms with Gasteiger partial charge >= 0.3 is 0 Å². The van der Waals surface area contributed by atoms with Gasteiger partial charge in [0.05, 0.1) is 0 Å². The van der Waals surface area contributed by atoms with E-state index >= 15 is 0 Å². The van der Waals surface area contributed by atoms with E-state index in [1.165, 1.54) is 0 Å². The first kappa shape index (κ1) is 21.9. The number of hydrogen-bond donors (Lipinski definition) is 2. The van der Waals surface area contributed by atoms with E-state index in [2.05, 4.69) is 37.3 Å². The first-order valence-corrected chi connectivity index (χ1v) is 11.5. The van der Waals surface area contributed by atoms with Crippen molar-refractivity contribution in [1.29, 1.82) is 0 Å². The highest BCUT2D eigenvalue weighted by atomic mass is 16.7. The molecule has 11 nitrogen and oxygen atoms in total. The summed E-state index contributed by atoms with van der Waals surface area (Å²) in [5.74, 6) is 9.91. The summed E-state index contributed by atoms with van der Waals surface area (Å²) in [4.78, 5) is 11.2. The highest BCUT2D eigenvalue weighted by molar-refractivity contribution is 5.63. The van der Waals surface area contributed by atoms with Crippen LogP contribution >= 0.6 is 0 Å². The number of fused-ring (bicyclic) bond motifs is 2. The molecule has 0 saturated carbocycles. The normalized spacial score (nSPS) is 15.6. The molecule has 0 amide bonds. The molecule has 182 valence electrons. The topological polar surface area (TPSA) is 124 Å². The summed E-state index contributed by atoms with van der Waals surface area (Å²) < 4.78 is 17.8. The zero-order chi connectivity index (χ0) is 24.7. The van der Waals surface area contributed by atoms with Crippen LogP contribution in [0.5, 0.6) is 11.5 Å². The molecule has 5 heterocycles. The van der Waals surface area contributed by atoms with Crippen molar-refractivity contribution in [2.24, 2.45) is 0 Å². The first-order chi connectivity index (χ1) is 17.4. The second-order valence-corrected chi connectivity index (χ2v) is 8.69. The lowest BCUT2D eigenvalue weighted by Gasteiger charge is -2.28. The van der Waals surface area contributed by atoms with Crippen LogP contribution in [-0.2, 0) is 12.1 Å². The minimum Gasteiger partial charge on any atom is -0.454 e. The SMILES string of the molecule is Cc1cc(C(C)(O)C#Cc2cc3n(n2)CCCN3c2ccnc(Nc3ccc4c(c3)OCO4)n2)no1. The van der Waals surface area contributed by atoms with Gasteiger partial charge in [0.25, 0.3) is 0 Å². The Labute approximate surface area is 206 Å². The Morgan fingerprint density at radius 2 is 2.00 bits per heavy atom. The van der Waals surface area contributed by atoms with Gasteiger partial charge in [-0.1, -0.05) is 11.1 Å². The van der Waals surface area contributed by atoms with Crippen molar-refractivity contribution in [2.75, 3.05) is 23.6 Å². The minimum atomic E-state index is -1.45. The molecule has 1 aromatic carbocycles. The molecule has 0 aliphatic carbocycles. The second-order valence-electron chi connectivity index (χ2n) is 8.69. The van der Waals surface area contributed by atoms with Gasteiger partial charge in [0.2, 0.25) is 12.7 Å². The molecule has 2 aliphatic heterocycles. The summed E-state index contributed by atoms with van der Waals surface area (Å²) in [6, 6.07) is 11.0. The lowest BCUT2D eigenvalue weighted by Crippen LogP contribution is -2.28. The average Bonchev–Trinajstić information content (AvgIpc) is 3.62. The van der Waals surface area contributed by atoms with E-state index in [0.29, 0.717) is 34.6 Å². The zero-order valence-electron chi connectivity index (χ0n) is 19.7. The summed E-state index contributed by atoms with van der Waals surface area (Å²) in [7, 11) is 0. The Bertz CT molecular complexity index is 1500.